The van der Waals surface area contributed by atoms with E-state index in [-0.39, 0.29) is 12.3 Å². The quantitative estimate of drug-likeness (QED) is 0.530. The molecule has 0 saturated carbocycles. The number of benzene rings is 1. The maximum atomic E-state index is 11.6. The molecule has 2 amide bonds. The van der Waals surface area contributed by atoms with Crippen LogP contribution < -0.4 is 10.8 Å². The second-order valence-electron chi connectivity index (χ2n) is 3.33. The zero-order valence-corrected chi connectivity index (χ0v) is 9.08. The Bertz CT molecular complexity index is 436. The largest absolute Gasteiger partial charge is 0.324 e. The molecule has 6 heteroatoms. The number of carbonyl (C=O) groups excluding carboxylic acids is 2. The lowest BCUT2D eigenvalue weighted by molar-refractivity contribution is -0.130. The lowest BCUT2D eigenvalue weighted by Gasteiger charge is -2.23. The van der Waals surface area contributed by atoms with Crippen molar-refractivity contribution < 1.29 is 14.8 Å². The molecule has 0 aromatic heterocycles. The second kappa shape index (κ2) is 4.54. The van der Waals surface area contributed by atoms with Gasteiger partial charge in [0.15, 0.2) is 0 Å². The highest BCUT2D eigenvalue weighted by Crippen LogP contribution is 2.36. The molecule has 1 aliphatic heterocycles. The third kappa shape index (κ3) is 2.17. The predicted molar refractivity (Wildman–Crippen MR) is 59.3 cm³/mol. The van der Waals surface area contributed by atoms with E-state index in [4.69, 9.17) is 5.21 Å². The standard InChI is InChI=1S/C10H10N2O3S/c13-9(12-15)5-8-10(14)11-6-3-1-2-4-7(6)16-8/h1-4,8,15H,5H2,(H,11,14)(H,12,13)/t8-/m1/s1. The smallest absolute Gasteiger partial charge is 0.244 e. The summed E-state index contributed by atoms with van der Waals surface area (Å²) in [6, 6.07) is 7.39. The Labute approximate surface area is 96.2 Å². The topological polar surface area (TPSA) is 78.4 Å². The lowest BCUT2D eigenvalue weighted by Crippen LogP contribution is -2.33. The SMILES string of the molecule is O=C(C[C@H]1Sc2ccccc2NC1=O)NO. The molecule has 2 rings (SSSR count). The molecule has 0 aliphatic carbocycles. The fraction of sp³-hybridized carbons (Fsp3) is 0.200. The minimum absolute atomic E-state index is 0.0403. The summed E-state index contributed by atoms with van der Waals surface area (Å²) in [5, 5.41) is 10.6. The zero-order chi connectivity index (χ0) is 11.5. The van der Waals surface area contributed by atoms with Crippen LogP contribution >= 0.6 is 11.8 Å². The van der Waals surface area contributed by atoms with E-state index in [0.29, 0.717) is 0 Å². The monoisotopic (exact) mass is 238 g/mol. The van der Waals surface area contributed by atoms with Gasteiger partial charge in [-0.25, -0.2) is 5.48 Å². The molecule has 1 aromatic carbocycles. The minimum atomic E-state index is -0.563. The number of carbonyl (C=O) groups is 2. The van der Waals surface area contributed by atoms with E-state index < -0.39 is 11.2 Å². The van der Waals surface area contributed by atoms with E-state index in [0.717, 1.165) is 10.6 Å². The number of fused-ring (bicyclic) bond motifs is 1. The highest BCUT2D eigenvalue weighted by atomic mass is 32.2. The fourth-order valence-corrected chi connectivity index (χ4v) is 2.55. The van der Waals surface area contributed by atoms with Gasteiger partial charge < -0.3 is 5.32 Å². The van der Waals surface area contributed by atoms with Crippen LogP contribution in [0.15, 0.2) is 29.2 Å². The molecule has 0 bridgehead atoms. The van der Waals surface area contributed by atoms with Gasteiger partial charge in [-0.15, -0.1) is 11.8 Å². The Balaban J connectivity index is 2.15. The average molecular weight is 238 g/mol. The molecule has 0 spiro atoms. The van der Waals surface area contributed by atoms with Gasteiger partial charge >= 0.3 is 0 Å². The molecule has 16 heavy (non-hydrogen) atoms. The molecule has 1 aliphatic rings. The summed E-state index contributed by atoms with van der Waals surface area (Å²) in [6.07, 6.45) is -0.0403. The Morgan fingerprint density at radius 3 is 3.00 bits per heavy atom. The first-order valence-electron chi connectivity index (χ1n) is 4.70. The number of hydrogen-bond acceptors (Lipinski definition) is 4. The normalized spacial score (nSPS) is 18.6. The number of rotatable bonds is 2. The Hall–Kier alpha value is -1.53. The number of hydroxylamine groups is 1. The summed E-state index contributed by atoms with van der Waals surface area (Å²) in [7, 11) is 0. The maximum Gasteiger partial charge on any atom is 0.244 e. The molecule has 5 nitrogen and oxygen atoms in total. The number of anilines is 1. The molecule has 0 unspecified atom stereocenters. The average Bonchev–Trinajstić information content (AvgIpc) is 2.30. The van der Waals surface area contributed by atoms with E-state index in [1.54, 1.807) is 0 Å². The first-order valence-corrected chi connectivity index (χ1v) is 5.58. The van der Waals surface area contributed by atoms with Gasteiger partial charge in [-0.1, -0.05) is 12.1 Å². The second-order valence-corrected chi connectivity index (χ2v) is 4.58. The van der Waals surface area contributed by atoms with Gasteiger partial charge in [-0.2, -0.15) is 0 Å². The highest BCUT2D eigenvalue weighted by Gasteiger charge is 2.28. The number of para-hydroxylation sites is 1. The summed E-state index contributed by atoms with van der Waals surface area (Å²) < 4.78 is 0. The Morgan fingerprint density at radius 1 is 1.50 bits per heavy atom. The minimum Gasteiger partial charge on any atom is -0.324 e. The van der Waals surface area contributed by atoms with Crippen molar-refractivity contribution >= 4 is 29.3 Å². The molecule has 0 radical (unpaired) electrons. The van der Waals surface area contributed by atoms with Gasteiger partial charge in [0.05, 0.1) is 10.9 Å². The van der Waals surface area contributed by atoms with Gasteiger partial charge in [0.25, 0.3) is 0 Å². The molecule has 1 aromatic rings. The summed E-state index contributed by atoms with van der Waals surface area (Å²) >= 11 is 1.32. The van der Waals surface area contributed by atoms with Gasteiger partial charge in [-0.3, -0.25) is 14.8 Å². The van der Waals surface area contributed by atoms with Crippen molar-refractivity contribution in [2.75, 3.05) is 5.32 Å². The van der Waals surface area contributed by atoms with E-state index in [9.17, 15) is 9.59 Å². The first-order chi connectivity index (χ1) is 7.70. The van der Waals surface area contributed by atoms with Crippen LogP contribution in [0.1, 0.15) is 6.42 Å². The Kier molecular flexibility index (Phi) is 3.12. The molecule has 1 atom stereocenters. The van der Waals surface area contributed by atoms with Crippen LogP contribution in [0.3, 0.4) is 0 Å². The Morgan fingerprint density at radius 2 is 2.25 bits per heavy atom. The first kappa shape index (κ1) is 11.0. The van der Waals surface area contributed by atoms with Crippen LogP contribution in [0.2, 0.25) is 0 Å². The third-order valence-electron chi connectivity index (χ3n) is 2.20. The van der Waals surface area contributed by atoms with Crippen molar-refractivity contribution in [3.63, 3.8) is 0 Å². The maximum absolute atomic E-state index is 11.6. The van der Waals surface area contributed by atoms with Gasteiger partial charge in [0.2, 0.25) is 11.8 Å². The van der Waals surface area contributed by atoms with Crippen LogP contribution in [0.4, 0.5) is 5.69 Å². The van der Waals surface area contributed by atoms with E-state index >= 15 is 0 Å². The van der Waals surface area contributed by atoms with Crippen LogP contribution in [-0.4, -0.2) is 22.3 Å². The van der Waals surface area contributed by atoms with Crippen LogP contribution in [0.5, 0.6) is 0 Å². The number of nitrogens with one attached hydrogen (secondary N) is 2. The van der Waals surface area contributed by atoms with Crippen molar-refractivity contribution in [2.45, 2.75) is 16.6 Å². The van der Waals surface area contributed by atoms with Crippen molar-refractivity contribution in [1.82, 2.24) is 5.48 Å². The van der Waals surface area contributed by atoms with Crippen molar-refractivity contribution in [3.8, 4) is 0 Å². The highest BCUT2D eigenvalue weighted by molar-refractivity contribution is 8.01. The third-order valence-corrected chi connectivity index (χ3v) is 3.48. The molecule has 1 heterocycles. The molecule has 3 N–H and O–H groups in total. The molecular formula is C10H10N2O3S. The van der Waals surface area contributed by atoms with Crippen LogP contribution in [-0.2, 0) is 9.59 Å². The van der Waals surface area contributed by atoms with Gasteiger partial charge in [0.1, 0.15) is 0 Å². The summed E-state index contributed by atoms with van der Waals surface area (Å²) in [5.41, 5.74) is 2.29. The van der Waals surface area contributed by atoms with Crippen molar-refractivity contribution in [2.24, 2.45) is 0 Å². The van der Waals surface area contributed by atoms with Crippen LogP contribution in [0, 0.1) is 0 Å². The number of hydrogen-bond donors (Lipinski definition) is 3. The zero-order valence-electron chi connectivity index (χ0n) is 8.27. The summed E-state index contributed by atoms with van der Waals surface area (Å²) in [4.78, 5) is 23.5. The number of amides is 2. The van der Waals surface area contributed by atoms with Crippen LogP contribution in [0.25, 0.3) is 0 Å². The van der Waals surface area contributed by atoms with Crippen molar-refractivity contribution in [3.05, 3.63) is 24.3 Å². The number of thioether (sulfide) groups is 1. The summed E-state index contributed by atoms with van der Waals surface area (Å²) in [6.45, 7) is 0. The molecule has 0 fully saturated rings. The van der Waals surface area contributed by atoms with Gasteiger partial charge in [-0.05, 0) is 12.1 Å². The molecular weight excluding hydrogens is 228 g/mol. The van der Waals surface area contributed by atoms with E-state index in [1.165, 1.54) is 17.2 Å². The van der Waals surface area contributed by atoms with Crippen molar-refractivity contribution in [1.29, 1.82) is 0 Å². The summed E-state index contributed by atoms with van der Waals surface area (Å²) in [5.74, 6) is -0.778. The lowest BCUT2D eigenvalue weighted by atomic mass is 10.2. The molecule has 84 valence electrons. The predicted octanol–water partition coefficient (Wildman–Crippen LogP) is 0.995. The molecule has 0 saturated heterocycles. The van der Waals surface area contributed by atoms with E-state index in [2.05, 4.69) is 5.32 Å². The van der Waals surface area contributed by atoms with Gasteiger partial charge in [0, 0.05) is 11.3 Å². The van der Waals surface area contributed by atoms with E-state index in [1.807, 2.05) is 24.3 Å². The fourth-order valence-electron chi connectivity index (χ4n) is 1.44.